The number of hydrogen-bond donors (Lipinski definition) is 2. The fraction of sp³-hybridized carbons (Fsp3) is 0.182. The maximum absolute atomic E-state index is 11.5. The Morgan fingerprint density at radius 3 is 2.71 bits per heavy atom. The van der Waals surface area contributed by atoms with Crippen LogP contribution in [0.4, 0.5) is 5.69 Å². The monoisotopic (exact) mass is 296 g/mol. The molecule has 0 heterocycles. The average Bonchev–Trinajstić information content (AvgIpc) is 2.28. The quantitative estimate of drug-likeness (QED) is 0.835. The number of rotatable bonds is 3. The lowest BCUT2D eigenvalue weighted by molar-refractivity contribution is -0.144. The lowest BCUT2D eigenvalue weighted by Crippen LogP contribution is -2.27. The Morgan fingerprint density at radius 1 is 1.53 bits per heavy atom. The number of aliphatic carboxylic acids is 1. The van der Waals surface area contributed by atoms with Crippen LogP contribution in [0, 0.1) is 17.2 Å². The van der Waals surface area contributed by atoms with Gasteiger partial charge in [0.2, 0.25) is 5.91 Å². The van der Waals surface area contributed by atoms with Gasteiger partial charge in [0, 0.05) is 4.47 Å². The SMILES string of the molecule is CC(C(=O)O)C(=O)Nc1cc(Br)ccc1C#N. The third-order valence-electron chi connectivity index (χ3n) is 2.12. The van der Waals surface area contributed by atoms with Crippen LogP contribution in [0.15, 0.2) is 22.7 Å². The Hall–Kier alpha value is -1.87. The molecule has 88 valence electrons. The number of nitrogens with one attached hydrogen (secondary N) is 1. The molecule has 0 aliphatic rings. The summed E-state index contributed by atoms with van der Waals surface area (Å²) in [5.74, 6) is -3.04. The molecule has 0 aliphatic carbocycles. The van der Waals surface area contributed by atoms with Gasteiger partial charge in [-0.25, -0.2) is 0 Å². The van der Waals surface area contributed by atoms with E-state index in [1.807, 2.05) is 6.07 Å². The number of nitriles is 1. The van der Waals surface area contributed by atoms with Gasteiger partial charge >= 0.3 is 5.97 Å². The molecule has 0 aliphatic heterocycles. The molecule has 0 radical (unpaired) electrons. The van der Waals surface area contributed by atoms with Crippen LogP contribution in [-0.2, 0) is 9.59 Å². The molecule has 0 fully saturated rings. The number of hydrogen-bond acceptors (Lipinski definition) is 3. The van der Waals surface area contributed by atoms with Gasteiger partial charge in [0.1, 0.15) is 12.0 Å². The molecule has 1 atom stereocenters. The van der Waals surface area contributed by atoms with Crippen molar-refractivity contribution in [3.05, 3.63) is 28.2 Å². The molecule has 1 aromatic carbocycles. The van der Waals surface area contributed by atoms with Crippen molar-refractivity contribution in [3.63, 3.8) is 0 Å². The summed E-state index contributed by atoms with van der Waals surface area (Å²) in [4.78, 5) is 22.1. The molecule has 0 bridgehead atoms. The van der Waals surface area contributed by atoms with Crippen molar-refractivity contribution in [2.75, 3.05) is 5.32 Å². The van der Waals surface area contributed by atoms with Crippen LogP contribution in [0.5, 0.6) is 0 Å². The summed E-state index contributed by atoms with van der Waals surface area (Å²) in [6.45, 7) is 1.28. The number of nitrogens with zero attached hydrogens (tertiary/aromatic N) is 1. The second-order valence-corrected chi connectivity index (χ2v) is 4.27. The van der Waals surface area contributed by atoms with E-state index < -0.39 is 17.8 Å². The van der Waals surface area contributed by atoms with Gasteiger partial charge in [-0.15, -0.1) is 0 Å². The molecule has 0 spiro atoms. The molecule has 0 saturated carbocycles. The highest BCUT2D eigenvalue weighted by atomic mass is 79.9. The summed E-state index contributed by atoms with van der Waals surface area (Å²) in [5.41, 5.74) is 0.569. The largest absolute Gasteiger partial charge is 0.481 e. The predicted octanol–water partition coefficient (Wildman–Crippen LogP) is 1.98. The van der Waals surface area contributed by atoms with Gasteiger partial charge in [0.05, 0.1) is 11.3 Å². The summed E-state index contributed by atoms with van der Waals surface area (Å²) in [6, 6.07) is 6.65. The third-order valence-corrected chi connectivity index (χ3v) is 2.62. The molecular weight excluding hydrogens is 288 g/mol. The molecule has 1 amide bonds. The molecule has 17 heavy (non-hydrogen) atoms. The first-order chi connectivity index (χ1) is 7.95. The number of carboxylic acid groups (broad SMARTS) is 1. The number of anilines is 1. The maximum Gasteiger partial charge on any atom is 0.315 e. The van der Waals surface area contributed by atoms with Crippen LogP contribution in [0.25, 0.3) is 0 Å². The van der Waals surface area contributed by atoms with Gasteiger partial charge in [-0.1, -0.05) is 15.9 Å². The zero-order chi connectivity index (χ0) is 13.0. The molecule has 1 rings (SSSR count). The number of carboxylic acids is 1. The first-order valence-electron chi connectivity index (χ1n) is 4.69. The highest BCUT2D eigenvalue weighted by Crippen LogP contribution is 2.21. The Labute approximate surface area is 106 Å². The zero-order valence-corrected chi connectivity index (χ0v) is 10.5. The number of amides is 1. The fourth-order valence-corrected chi connectivity index (χ4v) is 1.43. The minimum Gasteiger partial charge on any atom is -0.481 e. The normalized spacial score (nSPS) is 11.4. The van der Waals surface area contributed by atoms with Crippen molar-refractivity contribution >= 4 is 33.5 Å². The molecule has 6 heteroatoms. The second kappa shape index (κ2) is 5.46. The van der Waals surface area contributed by atoms with Crippen molar-refractivity contribution in [2.24, 2.45) is 5.92 Å². The first kappa shape index (κ1) is 13.2. The molecule has 0 saturated heterocycles. The topological polar surface area (TPSA) is 90.2 Å². The van der Waals surface area contributed by atoms with Gasteiger partial charge in [0.25, 0.3) is 0 Å². The molecule has 1 aromatic rings. The summed E-state index contributed by atoms with van der Waals surface area (Å²) < 4.78 is 0.690. The van der Waals surface area contributed by atoms with E-state index in [-0.39, 0.29) is 5.56 Å². The lowest BCUT2D eigenvalue weighted by Gasteiger charge is -2.09. The smallest absolute Gasteiger partial charge is 0.315 e. The zero-order valence-electron chi connectivity index (χ0n) is 8.90. The van der Waals surface area contributed by atoms with E-state index >= 15 is 0 Å². The van der Waals surface area contributed by atoms with Crippen LogP contribution in [0.2, 0.25) is 0 Å². The highest BCUT2D eigenvalue weighted by Gasteiger charge is 2.21. The Balaban J connectivity index is 2.96. The lowest BCUT2D eigenvalue weighted by atomic mass is 10.1. The van der Waals surface area contributed by atoms with E-state index in [1.165, 1.54) is 13.0 Å². The first-order valence-corrected chi connectivity index (χ1v) is 5.48. The van der Waals surface area contributed by atoms with Crippen LogP contribution >= 0.6 is 15.9 Å². The number of carbonyl (C=O) groups is 2. The van der Waals surface area contributed by atoms with Crippen molar-refractivity contribution in [1.82, 2.24) is 0 Å². The summed E-state index contributed by atoms with van der Waals surface area (Å²) >= 11 is 3.20. The van der Waals surface area contributed by atoms with Crippen LogP contribution in [0.1, 0.15) is 12.5 Å². The van der Waals surface area contributed by atoms with Gasteiger partial charge in [-0.05, 0) is 25.1 Å². The van der Waals surface area contributed by atoms with E-state index in [2.05, 4.69) is 21.2 Å². The number of carbonyl (C=O) groups excluding carboxylic acids is 1. The van der Waals surface area contributed by atoms with Gasteiger partial charge < -0.3 is 10.4 Å². The van der Waals surface area contributed by atoms with E-state index in [1.54, 1.807) is 12.1 Å². The van der Waals surface area contributed by atoms with E-state index in [9.17, 15) is 9.59 Å². The Morgan fingerprint density at radius 2 is 2.18 bits per heavy atom. The minimum absolute atomic E-state index is 0.277. The standard InChI is InChI=1S/C11H9BrN2O3/c1-6(11(16)17)10(15)14-9-4-8(12)3-2-7(9)5-13/h2-4,6H,1H3,(H,14,15)(H,16,17). The van der Waals surface area contributed by atoms with Gasteiger partial charge in [-0.2, -0.15) is 5.26 Å². The molecule has 0 aromatic heterocycles. The van der Waals surface area contributed by atoms with Crippen LogP contribution < -0.4 is 5.32 Å². The van der Waals surface area contributed by atoms with E-state index in [0.29, 0.717) is 10.2 Å². The van der Waals surface area contributed by atoms with E-state index in [4.69, 9.17) is 10.4 Å². The van der Waals surface area contributed by atoms with Crippen molar-refractivity contribution in [1.29, 1.82) is 5.26 Å². The summed E-state index contributed by atoms with van der Waals surface area (Å²) in [7, 11) is 0. The van der Waals surface area contributed by atoms with Gasteiger partial charge in [0.15, 0.2) is 0 Å². The Bertz CT molecular complexity index is 508. The Kier molecular flexibility index (Phi) is 4.24. The molecule has 5 nitrogen and oxygen atoms in total. The molecule has 2 N–H and O–H groups in total. The highest BCUT2D eigenvalue weighted by molar-refractivity contribution is 9.10. The molecule has 1 unspecified atom stereocenters. The predicted molar refractivity (Wildman–Crippen MR) is 64.3 cm³/mol. The summed E-state index contributed by atoms with van der Waals surface area (Å²) in [5, 5.41) is 19.9. The van der Waals surface area contributed by atoms with E-state index in [0.717, 1.165) is 0 Å². The van der Waals surface area contributed by atoms with Crippen molar-refractivity contribution in [3.8, 4) is 6.07 Å². The van der Waals surface area contributed by atoms with Crippen LogP contribution in [0.3, 0.4) is 0 Å². The maximum atomic E-state index is 11.5. The summed E-state index contributed by atoms with van der Waals surface area (Å²) in [6.07, 6.45) is 0. The molecular formula is C11H9BrN2O3. The minimum atomic E-state index is -1.21. The van der Waals surface area contributed by atoms with Gasteiger partial charge in [-0.3, -0.25) is 9.59 Å². The number of benzene rings is 1. The van der Waals surface area contributed by atoms with Crippen molar-refractivity contribution < 1.29 is 14.7 Å². The van der Waals surface area contributed by atoms with Crippen LogP contribution in [-0.4, -0.2) is 17.0 Å². The third kappa shape index (κ3) is 3.29. The van der Waals surface area contributed by atoms with Crippen molar-refractivity contribution in [2.45, 2.75) is 6.92 Å². The average molecular weight is 297 g/mol. The number of halogens is 1. The fourth-order valence-electron chi connectivity index (χ4n) is 1.07. The second-order valence-electron chi connectivity index (χ2n) is 3.35.